The Kier molecular flexibility index (Phi) is 5.73. The van der Waals surface area contributed by atoms with E-state index in [9.17, 15) is 13.2 Å². The standard InChI is InChI=1S/C18H18BrNO6S/c1-20(2)27(22,23)14-5-3-4-12(8-14)18(21)26-11-13-9-16-17(10-15(13)19)25-7-6-24-16/h3-5,8-10H,6-7,11H2,1-2H3. The van der Waals surface area contributed by atoms with Crippen LogP contribution in [-0.2, 0) is 21.4 Å². The predicted octanol–water partition coefficient (Wildman–Crippen LogP) is 2.83. The van der Waals surface area contributed by atoms with Crippen molar-refractivity contribution in [3.63, 3.8) is 0 Å². The Hall–Kier alpha value is -2.10. The second-order valence-corrected chi connectivity index (χ2v) is 8.98. The van der Waals surface area contributed by atoms with Gasteiger partial charge in [0.1, 0.15) is 19.8 Å². The third-order valence-electron chi connectivity index (χ3n) is 3.92. The van der Waals surface area contributed by atoms with Crippen LogP contribution in [0.4, 0.5) is 0 Å². The van der Waals surface area contributed by atoms with E-state index in [1.165, 1.54) is 38.4 Å². The zero-order valence-corrected chi connectivity index (χ0v) is 17.2. The van der Waals surface area contributed by atoms with Crippen molar-refractivity contribution < 1.29 is 27.4 Å². The van der Waals surface area contributed by atoms with Gasteiger partial charge in [0.05, 0.1) is 10.5 Å². The lowest BCUT2D eigenvalue weighted by Crippen LogP contribution is -2.22. The van der Waals surface area contributed by atoms with Gasteiger partial charge in [0.15, 0.2) is 11.5 Å². The Morgan fingerprint density at radius 3 is 2.48 bits per heavy atom. The van der Waals surface area contributed by atoms with E-state index in [1.807, 2.05) is 0 Å². The maximum atomic E-state index is 12.4. The molecule has 9 heteroatoms. The molecular weight excluding hydrogens is 438 g/mol. The molecule has 0 aliphatic carbocycles. The topological polar surface area (TPSA) is 82.1 Å². The van der Waals surface area contributed by atoms with E-state index in [2.05, 4.69) is 15.9 Å². The number of nitrogens with zero attached hydrogens (tertiary/aromatic N) is 1. The minimum Gasteiger partial charge on any atom is -0.486 e. The molecule has 0 spiro atoms. The summed E-state index contributed by atoms with van der Waals surface area (Å²) in [6.45, 7) is 0.946. The smallest absolute Gasteiger partial charge is 0.338 e. The zero-order valence-electron chi connectivity index (χ0n) is 14.8. The monoisotopic (exact) mass is 455 g/mol. The average molecular weight is 456 g/mol. The molecule has 2 aromatic carbocycles. The molecule has 3 rings (SSSR count). The van der Waals surface area contributed by atoms with Crippen LogP contribution >= 0.6 is 15.9 Å². The van der Waals surface area contributed by atoms with Gasteiger partial charge in [-0.15, -0.1) is 0 Å². The molecule has 0 saturated heterocycles. The highest BCUT2D eigenvalue weighted by Gasteiger charge is 2.20. The maximum absolute atomic E-state index is 12.4. The van der Waals surface area contributed by atoms with Gasteiger partial charge in [-0.25, -0.2) is 17.5 Å². The van der Waals surface area contributed by atoms with Gasteiger partial charge in [-0.05, 0) is 30.3 Å². The lowest BCUT2D eigenvalue weighted by molar-refractivity contribution is 0.0471. The molecule has 1 aliphatic rings. The molecule has 0 saturated carbocycles. The Labute approximate surface area is 166 Å². The first-order valence-electron chi connectivity index (χ1n) is 8.07. The quantitative estimate of drug-likeness (QED) is 0.644. The van der Waals surface area contributed by atoms with E-state index in [0.717, 1.165) is 8.78 Å². The van der Waals surface area contributed by atoms with Gasteiger partial charge < -0.3 is 14.2 Å². The van der Waals surface area contributed by atoms with Crippen molar-refractivity contribution in [3.05, 3.63) is 52.0 Å². The summed E-state index contributed by atoms with van der Waals surface area (Å²) >= 11 is 3.42. The summed E-state index contributed by atoms with van der Waals surface area (Å²) in [5.74, 6) is 0.604. The summed E-state index contributed by atoms with van der Waals surface area (Å²) in [6.07, 6.45) is 0. The van der Waals surface area contributed by atoms with Gasteiger partial charge in [0.2, 0.25) is 10.0 Å². The number of hydrogen-bond acceptors (Lipinski definition) is 6. The van der Waals surface area contributed by atoms with E-state index >= 15 is 0 Å². The number of sulfonamides is 1. The fourth-order valence-corrected chi connectivity index (χ4v) is 3.82. The Morgan fingerprint density at radius 2 is 1.81 bits per heavy atom. The fraction of sp³-hybridized carbons (Fsp3) is 0.278. The molecule has 0 atom stereocenters. The summed E-state index contributed by atoms with van der Waals surface area (Å²) in [7, 11) is -0.769. The largest absolute Gasteiger partial charge is 0.486 e. The minimum atomic E-state index is -3.63. The number of carbonyl (C=O) groups is 1. The first-order chi connectivity index (χ1) is 12.8. The highest BCUT2D eigenvalue weighted by molar-refractivity contribution is 9.10. The van der Waals surface area contributed by atoms with E-state index in [4.69, 9.17) is 14.2 Å². The van der Waals surface area contributed by atoms with Crippen molar-refractivity contribution in [3.8, 4) is 11.5 Å². The van der Waals surface area contributed by atoms with Crippen molar-refractivity contribution in [1.82, 2.24) is 4.31 Å². The van der Waals surface area contributed by atoms with Crippen LogP contribution < -0.4 is 9.47 Å². The van der Waals surface area contributed by atoms with Crippen LogP contribution in [0.2, 0.25) is 0 Å². The van der Waals surface area contributed by atoms with Gasteiger partial charge >= 0.3 is 5.97 Å². The van der Waals surface area contributed by atoms with Crippen molar-refractivity contribution in [1.29, 1.82) is 0 Å². The molecule has 0 aromatic heterocycles. The molecule has 27 heavy (non-hydrogen) atoms. The fourth-order valence-electron chi connectivity index (χ4n) is 2.44. The average Bonchev–Trinajstić information content (AvgIpc) is 2.66. The lowest BCUT2D eigenvalue weighted by atomic mass is 10.2. The van der Waals surface area contributed by atoms with Crippen LogP contribution in [0, 0.1) is 0 Å². The molecule has 1 heterocycles. The third-order valence-corrected chi connectivity index (χ3v) is 6.47. The number of fused-ring (bicyclic) bond motifs is 1. The number of esters is 1. The number of halogens is 1. The van der Waals surface area contributed by atoms with Crippen LogP contribution in [0.3, 0.4) is 0 Å². The van der Waals surface area contributed by atoms with Crippen LogP contribution in [0.15, 0.2) is 45.8 Å². The van der Waals surface area contributed by atoms with Gasteiger partial charge in [-0.1, -0.05) is 22.0 Å². The molecule has 0 N–H and O–H groups in total. The molecule has 0 bridgehead atoms. The first kappa shape index (κ1) is 19.7. The summed E-state index contributed by atoms with van der Waals surface area (Å²) < 4.78 is 42.6. The van der Waals surface area contributed by atoms with E-state index in [1.54, 1.807) is 12.1 Å². The number of ether oxygens (including phenoxy) is 3. The summed E-state index contributed by atoms with van der Waals surface area (Å²) in [5, 5.41) is 0. The van der Waals surface area contributed by atoms with Crippen LogP contribution in [0.1, 0.15) is 15.9 Å². The molecule has 0 amide bonds. The SMILES string of the molecule is CN(C)S(=O)(=O)c1cccc(C(=O)OCc2cc3c(cc2Br)OCCO3)c1. The summed E-state index contributed by atoms with van der Waals surface area (Å²) in [4.78, 5) is 12.4. The number of carbonyl (C=O) groups excluding carboxylic acids is 1. The highest BCUT2D eigenvalue weighted by Crippen LogP contribution is 2.35. The molecule has 0 fully saturated rings. The predicted molar refractivity (Wildman–Crippen MR) is 102 cm³/mol. The Bertz CT molecular complexity index is 974. The number of benzene rings is 2. The molecule has 1 aliphatic heterocycles. The maximum Gasteiger partial charge on any atom is 0.338 e. The van der Waals surface area contributed by atoms with Gasteiger partial charge in [-0.3, -0.25) is 0 Å². The second-order valence-electron chi connectivity index (χ2n) is 5.98. The normalized spacial score (nSPS) is 13.5. The summed E-state index contributed by atoms with van der Waals surface area (Å²) in [6, 6.07) is 9.27. The van der Waals surface area contributed by atoms with Crippen molar-refractivity contribution in [2.75, 3.05) is 27.3 Å². The van der Waals surface area contributed by atoms with Crippen LogP contribution in [0.5, 0.6) is 11.5 Å². The number of rotatable bonds is 5. The van der Waals surface area contributed by atoms with Crippen LogP contribution in [0.25, 0.3) is 0 Å². The molecule has 2 aromatic rings. The van der Waals surface area contributed by atoms with Crippen molar-refractivity contribution >= 4 is 31.9 Å². The van der Waals surface area contributed by atoms with E-state index < -0.39 is 16.0 Å². The van der Waals surface area contributed by atoms with Crippen molar-refractivity contribution in [2.45, 2.75) is 11.5 Å². The van der Waals surface area contributed by atoms with Crippen molar-refractivity contribution in [2.24, 2.45) is 0 Å². The second kappa shape index (κ2) is 7.87. The summed E-state index contributed by atoms with van der Waals surface area (Å²) in [5.41, 5.74) is 0.872. The Balaban J connectivity index is 1.75. The minimum absolute atomic E-state index is 0.000709. The third kappa shape index (κ3) is 4.26. The van der Waals surface area contributed by atoms with Crippen LogP contribution in [-0.4, -0.2) is 46.0 Å². The number of hydrogen-bond donors (Lipinski definition) is 0. The molecule has 144 valence electrons. The molecular formula is C18H18BrNO6S. The molecule has 0 radical (unpaired) electrons. The Morgan fingerprint density at radius 1 is 1.15 bits per heavy atom. The van der Waals surface area contributed by atoms with E-state index in [-0.39, 0.29) is 17.1 Å². The van der Waals surface area contributed by atoms with E-state index in [0.29, 0.717) is 30.3 Å². The van der Waals surface area contributed by atoms with Gasteiger partial charge in [-0.2, -0.15) is 0 Å². The highest BCUT2D eigenvalue weighted by atomic mass is 79.9. The lowest BCUT2D eigenvalue weighted by Gasteiger charge is -2.20. The first-order valence-corrected chi connectivity index (χ1v) is 10.3. The van der Waals surface area contributed by atoms with Gasteiger partial charge in [0, 0.05) is 24.1 Å². The van der Waals surface area contributed by atoms with Gasteiger partial charge in [0.25, 0.3) is 0 Å². The molecule has 0 unspecified atom stereocenters. The zero-order chi connectivity index (χ0) is 19.6. The molecule has 7 nitrogen and oxygen atoms in total.